The van der Waals surface area contributed by atoms with Gasteiger partial charge >= 0.3 is 0 Å². The summed E-state index contributed by atoms with van der Waals surface area (Å²) in [6.45, 7) is 0.449. The van der Waals surface area contributed by atoms with Gasteiger partial charge in [-0.2, -0.15) is 0 Å². The zero-order chi connectivity index (χ0) is 12.5. The molecule has 0 aliphatic heterocycles. The summed E-state index contributed by atoms with van der Waals surface area (Å²) in [4.78, 5) is 4.23. The third-order valence-electron chi connectivity index (χ3n) is 2.79. The fourth-order valence-corrected chi connectivity index (χ4v) is 1.88. The van der Waals surface area contributed by atoms with E-state index in [9.17, 15) is 4.39 Å². The van der Waals surface area contributed by atoms with Crippen molar-refractivity contribution < 1.29 is 8.81 Å². The van der Waals surface area contributed by atoms with Gasteiger partial charge in [-0.1, -0.05) is 0 Å². The molecule has 0 saturated carbocycles. The molecule has 0 unspecified atom stereocenters. The fraction of sp³-hybridized carbons (Fsp3) is 0.0714. The molecule has 3 nitrogen and oxygen atoms in total. The normalized spacial score (nSPS) is 11.0. The number of fused-ring (bicyclic) bond motifs is 1. The molecule has 0 amide bonds. The predicted molar refractivity (Wildman–Crippen MR) is 67.3 cm³/mol. The molecule has 0 bridgehead atoms. The van der Waals surface area contributed by atoms with E-state index in [2.05, 4.69) is 4.98 Å². The van der Waals surface area contributed by atoms with Crippen molar-refractivity contribution in [3.05, 3.63) is 54.0 Å². The number of nitrogens with two attached hydrogens (primary N) is 1. The SMILES string of the molecule is NCc1ccnc(-c2cc3cc(F)ccc3o2)c1. The van der Waals surface area contributed by atoms with Crippen LogP contribution in [-0.4, -0.2) is 4.98 Å². The fourth-order valence-electron chi connectivity index (χ4n) is 1.88. The molecule has 2 N–H and O–H groups in total. The van der Waals surface area contributed by atoms with Crippen LogP contribution in [0.2, 0.25) is 0 Å². The summed E-state index contributed by atoms with van der Waals surface area (Å²) in [5.41, 5.74) is 7.91. The van der Waals surface area contributed by atoms with Gasteiger partial charge in [-0.3, -0.25) is 4.98 Å². The van der Waals surface area contributed by atoms with E-state index in [0.29, 0.717) is 23.6 Å². The van der Waals surface area contributed by atoms with Crippen LogP contribution in [0.15, 0.2) is 47.0 Å². The first-order valence-corrected chi connectivity index (χ1v) is 5.61. The number of benzene rings is 1. The molecule has 1 aromatic carbocycles. The van der Waals surface area contributed by atoms with Gasteiger partial charge in [-0.25, -0.2) is 4.39 Å². The first kappa shape index (κ1) is 10.9. The molecule has 3 aromatic rings. The molecule has 2 heterocycles. The Hall–Kier alpha value is -2.20. The Labute approximate surface area is 103 Å². The third-order valence-corrected chi connectivity index (χ3v) is 2.79. The lowest BCUT2D eigenvalue weighted by Crippen LogP contribution is -1.96. The lowest BCUT2D eigenvalue weighted by Gasteiger charge is -1.98. The molecular weight excluding hydrogens is 231 g/mol. The Bertz CT molecular complexity index is 706. The number of nitrogens with zero attached hydrogens (tertiary/aromatic N) is 1. The van der Waals surface area contributed by atoms with Gasteiger partial charge in [0.2, 0.25) is 0 Å². The van der Waals surface area contributed by atoms with Crippen molar-refractivity contribution in [1.29, 1.82) is 0 Å². The molecule has 0 aliphatic rings. The van der Waals surface area contributed by atoms with Crippen LogP contribution in [0.1, 0.15) is 5.56 Å². The van der Waals surface area contributed by atoms with Gasteiger partial charge in [0.1, 0.15) is 17.1 Å². The molecule has 0 fully saturated rings. The number of hydrogen-bond acceptors (Lipinski definition) is 3. The van der Waals surface area contributed by atoms with Crippen molar-refractivity contribution in [2.75, 3.05) is 0 Å². The highest BCUT2D eigenvalue weighted by atomic mass is 19.1. The topological polar surface area (TPSA) is 52.0 Å². The third kappa shape index (κ3) is 1.87. The largest absolute Gasteiger partial charge is 0.454 e. The van der Waals surface area contributed by atoms with Crippen LogP contribution in [0.5, 0.6) is 0 Å². The molecular formula is C14H11FN2O. The van der Waals surface area contributed by atoms with Gasteiger partial charge in [0.15, 0.2) is 5.76 Å². The van der Waals surface area contributed by atoms with Crippen LogP contribution in [0.25, 0.3) is 22.4 Å². The van der Waals surface area contributed by atoms with E-state index in [1.54, 1.807) is 18.3 Å². The number of furan rings is 1. The Balaban J connectivity index is 2.13. The smallest absolute Gasteiger partial charge is 0.153 e. The van der Waals surface area contributed by atoms with Gasteiger partial charge in [-0.15, -0.1) is 0 Å². The lowest BCUT2D eigenvalue weighted by atomic mass is 10.2. The van der Waals surface area contributed by atoms with Crippen molar-refractivity contribution >= 4 is 11.0 Å². The van der Waals surface area contributed by atoms with Gasteiger partial charge in [0, 0.05) is 18.1 Å². The molecule has 3 rings (SSSR count). The van der Waals surface area contributed by atoms with Crippen LogP contribution in [-0.2, 0) is 6.54 Å². The number of rotatable bonds is 2. The van der Waals surface area contributed by atoms with Crippen molar-refractivity contribution in [2.24, 2.45) is 5.73 Å². The number of halogens is 1. The van der Waals surface area contributed by atoms with Crippen LogP contribution in [0, 0.1) is 5.82 Å². The number of pyridine rings is 1. The Morgan fingerprint density at radius 2 is 2.06 bits per heavy atom. The Morgan fingerprint density at radius 1 is 1.17 bits per heavy atom. The average Bonchev–Trinajstić information content (AvgIpc) is 2.81. The maximum absolute atomic E-state index is 13.1. The molecule has 0 radical (unpaired) electrons. The average molecular weight is 242 g/mol. The molecule has 2 aromatic heterocycles. The highest BCUT2D eigenvalue weighted by Gasteiger charge is 2.08. The molecule has 0 atom stereocenters. The Kier molecular flexibility index (Phi) is 2.57. The van der Waals surface area contributed by atoms with Crippen molar-refractivity contribution in [2.45, 2.75) is 6.54 Å². The minimum Gasteiger partial charge on any atom is -0.454 e. The lowest BCUT2D eigenvalue weighted by molar-refractivity contribution is 0.617. The van der Waals surface area contributed by atoms with Gasteiger partial charge < -0.3 is 10.2 Å². The summed E-state index contributed by atoms with van der Waals surface area (Å²) in [6, 6.07) is 9.93. The highest BCUT2D eigenvalue weighted by Crippen LogP contribution is 2.27. The minimum absolute atomic E-state index is 0.279. The zero-order valence-electron chi connectivity index (χ0n) is 9.56. The molecule has 90 valence electrons. The van der Waals surface area contributed by atoms with Gasteiger partial charge in [0.05, 0.1) is 0 Å². The van der Waals surface area contributed by atoms with E-state index in [1.165, 1.54) is 12.1 Å². The zero-order valence-corrected chi connectivity index (χ0v) is 9.56. The van der Waals surface area contributed by atoms with E-state index >= 15 is 0 Å². The first-order valence-electron chi connectivity index (χ1n) is 5.61. The maximum Gasteiger partial charge on any atom is 0.153 e. The van der Waals surface area contributed by atoms with E-state index in [4.69, 9.17) is 10.2 Å². The highest BCUT2D eigenvalue weighted by molar-refractivity contribution is 5.82. The van der Waals surface area contributed by atoms with E-state index in [1.807, 2.05) is 12.1 Å². The quantitative estimate of drug-likeness (QED) is 0.751. The predicted octanol–water partition coefficient (Wildman–Crippen LogP) is 3.09. The van der Waals surface area contributed by atoms with Crippen molar-refractivity contribution in [3.8, 4) is 11.5 Å². The van der Waals surface area contributed by atoms with Crippen LogP contribution in [0.4, 0.5) is 4.39 Å². The Morgan fingerprint density at radius 3 is 2.89 bits per heavy atom. The standard InChI is InChI=1S/C14H11FN2O/c15-11-1-2-13-10(6-11)7-14(18-13)12-5-9(8-16)3-4-17-12/h1-7H,8,16H2. The number of aromatic nitrogens is 1. The molecule has 4 heteroatoms. The molecule has 0 aliphatic carbocycles. The maximum atomic E-state index is 13.1. The minimum atomic E-state index is -0.279. The summed E-state index contributed by atoms with van der Waals surface area (Å²) >= 11 is 0. The monoisotopic (exact) mass is 242 g/mol. The van der Waals surface area contributed by atoms with E-state index in [-0.39, 0.29) is 5.82 Å². The second kappa shape index (κ2) is 4.23. The molecule has 18 heavy (non-hydrogen) atoms. The van der Waals surface area contributed by atoms with Crippen LogP contribution >= 0.6 is 0 Å². The van der Waals surface area contributed by atoms with Crippen LogP contribution in [0.3, 0.4) is 0 Å². The number of hydrogen-bond donors (Lipinski definition) is 1. The van der Waals surface area contributed by atoms with Crippen molar-refractivity contribution in [3.63, 3.8) is 0 Å². The summed E-state index contributed by atoms with van der Waals surface area (Å²) in [6.07, 6.45) is 1.69. The molecule has 0 spiro atoms. The summed E-state index contributed by atoms with van der Waals surface area (Å²) in [7, 11) is 0. The summed E-state index contributed by atoms with van der Waals surface area (Å²) in [5, 5.41) is 0.727. The van der Waals surface area contributed by atoms with Crippen LogP contribution < -0.4 is 5.73 Å². The molecule has 0 saturated heterocycles. The van der Waals surface area contributed by atoms with E-state index in [0.717, 1.165) is 10.9 Å². The summed E-state index contributed by atoms with van der Waals surface area (Å²) in [5.74, 6) is 0.337. The second-order valence-corrected chi connectivity index (χ2v) is 4.05. The van der Waals surface area contributed by atoms with Crippen molar-refractivity contribution in [1.82, 2.24) is 4.98 Å². The van der Waals surface area contributed by atoms with E-state index < -0.39 is 0 Å². The van der Waals surface area contributed by atoms with Gasteiger partial charge in [0.25, 0.3) is 0 Å². The summed E-state index contributed by atoms with van der Waals surface area (Å²) < 4.78 is 18.7. The van der Waals surface area contributed by atoms with Gasteiger partial charge in [-0.05, 0) is 42.0 Å². The second-order valence-electron chi connectivity index (χ2n) is 4.05. The first-order chi connectivity index (χ1) is 8.76.